The monoisotopic (exact) mass is 186 g/mol. The molecule has 0 aromatic rings. The lowest BCUT2D eigenvalue weighted by atomic mass is 10.1. The van der Waals surface area contributed by atoms with Crippen molar-refractivity contribution < 1.29 is 14.6 Å². The summed E-state index contributed by atoms with van der Waals surface area (Å²) in [4.78, 5) is 0. The standard InChI is InChI=1S/C10H18O3/c1-7(2)5-8(11)9-6-12-10(3,4)13-9/h8-9,11H,1,5-6H2,2-4H3. The van der Waals surface area contributed by atoms with Crippen molar-refractivity contribution in [3.05, 3.63) is 12.2 Å². The van der Waals surface area contributed by atoms with Crippen LogP contribution in [-0.4, -0.2) is 29.7 Å². The fraction of sp³-hybridized carbons (Fsp3) is 0.800. The van der Waals surface area contributed by atoms with Gasteiger partial charge in [0.25, 0.3) is 0 Å². The molecule has 2 unspecified atom stereocenters. The van der Waals surface area contributed by atoms with Crippen molar-refractivity contribution in [2.75, 3.05) is 6.61 Å². The molecule has 1 N–H and O–H groups in total. The normalized spacial score (nSPS) is 28.8. The maximum Gasteiger partial charge on any atom is 0.163 e. The van der Waals surface area contributed by atoms with E-state index in [1.165, 1.54) is 0 Å². The smallest absolute Gasteiger partial charge is 0.163 e. The fourth-order valence-corrected chi connectivity index (χ4v) is 1.39. The van der Waals surface area contributed by atoms with Crippen LogP contribution in [0.3, 0.4) is 0 Å². The van der Waals surface area contributed by atoms with Crippen LogP contribution in [0.4, 0.5) is 0 Å². The minimum absolute atomic E-state index is 0.216. The molecule has 13 heavy (non-hydrogen) atoms. The Morgan fingerprint density at radius 1 is 1.69 bits per heavy atom. The van der Waals surface area contributed by atoms with Crippen LogP contribution >= 0.6 is 0 Å². The number of rotatable bonds is 3. The predicted octanol–water partition coefficient (Wildman–Crippen LogP) is 1.46. The highest BCUT2D eigenvalue weighted by molar-refractivity contribution is 4.93. The van der Waals surface area contributed by atoms with Crippen LogP contribution in [0.25, 0.3) is 0 Å². The molecule has 1 aliphatic rings. The van der Waals surface area contributed by atoms with Crippen molar-refractivity contribution in [1.82, 2.24) is 0 Å². The summed E-state index contributed by atoms with van der Waals surface area (Å²) >= 11 is 0. The van der Waals surface area contributed by atoms with Gasteiger partial charge in [-0.25, -0.2) is 0 Å². The number of hydrogen-bond acceptors (Lipinski definition) is 3. The first kappa shape index (κ1) is 10.7. The summed E-state index contributed by atoms with van der Waals surface area (Å²) in [5.41, 5.74) is 0.959. The van der Waals surface area contributed by atoms with E-state index in [9.17, 15) is 5.11 Å². The van der Waals surface area contributed by atoms with E-state index in [1.54, 1.807) is 0 Å². The predicted molar refractivity (Wildman–Crippen MR) is 50.3 cm³/mol. The fourth-order valence-electron chi connectivity index (χ4n) is 1.39. The Balaban J connectivity index is 2.42. The first-order valence-corrected chi connectivity index (χ1v) is 4.55. The average Bonchev–Trinajstić information content (AvgIpc) is 2.28. The van der Waals surface area contributed by atoms with Crippen LogP contribution in [0.1, 0.15) is 27.2 Å². The topological polar surface area (TPSA) is 38.7 Å². The lowest BCUT2D eigenvalue weighted by molar-refractivity contribution is -0.150. The molecule has 1 saturated heterocycles. The Morgan fingerprint density at radius 3 is 2.69 bits per heavy atom. The third-order valence-corrected chi connectivity index (χ3v) is 2.02. The Labute approximate surface area is 79.3 Å². The van der Waals surface area contributed by atoms with E-state index >= 15 is 0 Å². The molecule has 1 heterocycles. The summed E-state index contributed by atoms with van der Waals surface area (Å²) < 4.78 is 10.8. The van der Waals surface area contributed by atoms with E-state index < -0.39 is 11.9 Å². The van der Waals surface area contributed by atoms with Gasteiger partial charge >= 0.3 is 0 Å². The minimum Gasteiger partial charge on any atom is -0.390 e. The van der Waals surface area contributed by atoms with E-state index in [1.807, 2.05) is 20.8 Å². The molecule has 3 nitrogen and oxygen atoms in total. The van der Waals surface area contributed by atoms with Crippen molar-refractivity contribution in [3.63, 3.8) is 0 Å². The molecule has 0 amide bonds. The van der Waals surface area contributed by atoms with Crippen LogP contribution in [0.5, 0.6) is 0 Å². The van der Waals surface area contributed by atoms with E-state index in [0.29, 0.717) is 13.0 Å². The van der Waals surface area contributed by atoms with Crippen molar-refractivity contribution >= 4 is 0 Å². The molecule has 0 aromatic heterocycles. The first-order chi connectivity index (χ1) is 5.91. The van der Waals surface area contributed by atoms with Crippen molar-refractivity contribution in [2.24, 2.45) is 0 Å². The van der Waals surface area contributed by atoms with E-state index in [4.69, 9.17) is 9.47 Å². The van der Waals surface area contributed by atoms with Crippen LogP contribution in [0, 0.1) is 0 Å². The van der Waals surface area contributed by atoms with Crippen LogP contribution in [-0.2, 0) is 9.47 Å². The molecule has 0 bridgehead atoms. The zero-order valence-electron chi connectivity index (χ0n) is 8.54. The summed E-state index contributed by atoms with van der Waals surface area (Å²) in [7, 11) is 0. The molecule has 1 rings (SSSR count). The van der Waals surface area contributed by atoms with Gasteiger partial charge in [0, 0.05) is 0 Å². The maximum absolute atomic E-state index is 9.69. The highest BCUT2D eigenvalue weighted by Crippen LogP contribution is 2.25. The highest BCUT2D eigenvalue weighted by Gasteiger charge is 2.36. The maximum atomic E-state index is 9.69. The summed E-state index contributed by atoms with van der Waals surface area (Å²) in [6.07, 6.45) is -0.143. The number of aliphatic hydroxyl groups excluding tert-OH is 1. The van der Waals surface area contributed by atoms with Crippen molar-refractivity contribution in [2.45, 2.75) is 45.2 Å². The highest BCUT2D eigenvalue weighted by atomic mass is 16.7. The van der Waals surface area contributed by atoms with Crippen LogP contribution in [0.2, 0.25) is 0 Å². The molecule has 0 saturated carbocycles. The zero-order chi connectivity index (χ0) is 10.1. The van der Waals surface area contributed by atoms with E-state index in [2.05, 4.69) is 6.58 Å². The largest absolute Gasteiger partial charge is 0.390 e. The molecular weight excluding hydrogens is 168 g/mol. The lowest BCUT2D eigenvalue weighted by Crippen LogP contribution is -2.30. The SMILES string of the molecule is C=C(C)CC(O)C1COC(C)(C)O1. The average molecular weight is 186 g/mol. The Hall–Kier alpha value is -0.380. The minimum atomic E-state index is -0.555. The van der Waals surface area contributed by atoms with Crippen LogP contribution in [0.15, 0.2) is 12.2 Å². The molecule has 1 fully saturated rings. The van der Waals surface area contributed by atoms with Gasteiger partial charge in [0.2, 0.25) is 0 Å². The van der Waals surface area contributed by atoms with Gasteiger partial charge < -0.3 is 14.6 Å². The molecule has 1 aliphatic heterocycles. The van der Waals surface area contributed by atoms with Crippen molar-refractivity contribution in [1.29, 1.82) is 0 Å². The second kappa shape index (κ2) is 3.78. The molecule has 0 spiro atoms. The summed E-state index contributed by atoms with van der Waals surface area (Å²) in [6, 6.07) is 0. The third-order valence-electron chi connectivity index (χ3n) is 2.02. The summed E-state index contributed by atoms with van der Waals surface area (Å²) in [5, 5.41) is 9.69. The van der Waals surface area contributed by atoms with Gasteiger partial charge in [0.15, 0.2) is 5.79 Å². The second-order valence-corrected chi connectivity index (χ2v) is 4.10. The Morgan fingerprint density at radius 2 is 2.31 bits per heavy atom. The summed E-state index contributed by atoms with van der Waals surface area (Å²) in [6.45, 7) is 9.79. The van der Waals surface area contributed by atoms with Gasteiger partial charge in [0.05, 0.1) is 12.7 Å². The Kier molecular flexibility index (Phi) is 3.11. The van der Waals surface area contributed by atoms with Gasteiger partial charge in [0.1, 0.15) is 6.10 Å². The molecule has 0 radical (unpaired) electrons. The second-order valence-electron chi connectivity index (χ2n) is 4.10. The molecule has 0 aromatic carbocycles. The molecule has 0 aliphatic carbocycles. The van der Waals surface area contributed by atoms with E-state index in [-0.39, 0.29) is 6.10 Å². The van der Waals surface area contributed by atoms with E-state index in [0.717, 1.165) is 5.57 Å². The third kappa shape index (κ3) is 3.10. The number of ether oxygens (including phenoxy) is 2. The van der Waals surface area contributed by atoms with Gasteiger partial charge in [-0.05, 0) is 27.2 Å². The zero-order valence-corrected chi connectivity index (χ0v) is 8.54. The molecule has 2 atom stereocenters. The lowest BCUT2D eigenvalue weighted by Gasteiger charge is -2.20. The van der Waals surface area contributed by atoms with Gasteiger partial charge in [-0.2, -0.15) is 0 Å². The molecular formula is C10H18O3. The van der Waals surface area contributed by atoms with Gasteiger partial charge in [-0.1, -0.05) is 5.57 Å². The molecule has 3 heteroatoms. The number of hydrogen-bond donors (Lipinski definition) is 1. The number of aliphatic hydroxyl groups is 1. The molecule has 76 valence electrons. The van der Waals surface area contributed by atoms with Crippen LogP contribution < -0.4 is 0 Å². The quantitative estimate of drug-likeness (QED) is 0.678. The van der Waals surface area contributed by atoms with Crippen molar-refractivity contribution in [3.8, 4) is 0 Å². The Bertz CT molecular complexity index is 198. The first-order valence-electron chi connectivity index (χ1n) is 4.55. The van der Waals surface area contributed by atoms with Gasteiger partial charge in [-0.3, -0.25) is 0 Å². The van der Waals surface area contributed by atoms with Gasteiger partial charge in [-0.15, -0.1) is 6.58 Å². The summed E-state index contributed by atoms with van der Waals surface area (Å²) in [5.74, 6) is -0.555.